The summed E-state index contributed by atoms with van der Waals surface area (Å²) in [5.74, 6) is 0.0601. The molecule has 1 aliphatic carbocycles. The molecule has 1 aromatic carbocycles. The Morgan fingerprint density at radius 2 is 1.84 bits per heavy atom. The number of hydrogen-bond acceptors (Lipinski definition) is 4. The number of anilines is 2. The van der Waals surface area contributed by atoms with Gasteiger partial charge in [0.25, 0.3) is 0 Å². The van der Waals surface area contributed by atoms with Crippen LogP contribution in [-0.2, 0) is 21.4 Å². The van der Waals surface area contributed by atoms with Crippen molar-refractivity contribution in [2.24, 2.45) is 5.92 Å². The maximum atomic E-state index is 12.2. The van der Waals surface area contributed by atoms with E-state index in [1.807, 2.05) is 29.6 Å². The fourth-order valence-corrected chi connectivity index (χ4v) is 3.13. The maximum Gasteiger partial charge on any atom is 0.230 e. The number of nitrogens with zero attached hydrogens (tertiary/aromatic N) is 1. The summed E-state index contributed by atoms with van der Waals surface area (Å²) in [4.78, 5) is 28.2. The molecular weight excluding hydrogens is 334 g/mol. The number of rotatable bonds is 5. The fraction of sp³-hybridized carbons (Fsp3) is 0.421. The lowest BCUT2D eigenvalue weighted by Gasteiger charge is -2.19. The smallest absolute Gasteiger partial charge is 0.230 e. The van der Waals surface area contributed by atoms with Crippen molar-refractivity contribution in [1.82, 2.24) is 4.98 Å². The molecule has 2 N–H and O–H groups in total. The van der Waals surface area contributed by atoms with Crippen LogP contribution in [0.2, 0.25) is 0 Å². The predicted octanol–water partition coefficient (Wildman–Crippen LogP) is 3.97. The van der Waals surface area contributed by atoms with Gasteiger partial charge in [0.2, 0.25) is 11.8 Å². The fourth-order valence-electron chi connectivity index (χ4n) is 2.42. The number of carbonyl (C=O) groups excluding carboxylic acids is 2. The lowest BCUT2D eigenvalue weighted by Crippen LogP contribution is -2.16. The first-order valence-corrected chi connectivity index (χ1v) is 9.35. The van der Waals surface area contributed by atoms with Crippen molar-refractivity contribution < 1.29 is 9.59 Å². The quantitative estimate of drug-likeness (QED) is 0.850. The van der Waals surface area contributed by atoms with Crippen LogP contribution in [0, 0.1) is 5.92 Å². The minimum absolute atomic E-state index is 0.0317. The van der Waals surface area contributed by atoms with E-state index in [0.717, 1.165) is 18.5 Å². The first kappa shape index (κ1) is 17.6. The van der Waals surface area contributed by atoms with Gasteiger partial charge in [-0.15, -0.1) is 11.3 Å². The molecule has 0 aliphatic heterocycles. The Morgan fingerprint density at radius 3 is 2.44 bits per heavy atom. The summed E-state index contributed by atoms with van der Waals surface area (Å²) in [5.41, 5.74) is 2.75. The number of aromatic nitrogens is 1. The van der Waals surface area contributed by atoms with Crippen molar-refractivity contribution in [2.75, 3.05) is 10.6 Å². The van der Waals surface area contributed by atoms with Gasteiger partial charge in [0.1, 0.15) is 0 Å². The van der Waals surface area contributed by atoms with Crippen LogP contribution in [0.1, 0.15) is 44.9 Å². The van der Waals surface area contributed by atoms with Gasteiger partial charge in [0.05, 0.1) is 12.1 Å². The van der Waals surface area contributed by atoms with Gasteiger partial charge < -0.3 is 10.6 Å². The second kappa shape index (κ2) is 6.96. The molecule has 1 heterocycles. The minimum atomic E-state index is -0.117. The number of carbonyl (C=O) groups is 2. The lowest BCUT2D eigenvalue weighted by atomic mass is 9.87. The van der Waals surface area contributed by atoms with Crippen LogP contribution in [-0.4, -0.2) is 16.8 Å². The monoisotopic (exact) mass is 357 g/mol. The Morgan fingerprint density at radius 1 is 1.16 bits per heavy atom. The van der Waals surface area contributed by atoms with E-state index in [1.165, 1.54) is 16.9 Å². The molecular formula is C19H23N3O2S. The first-order valence-electron chi connectivity index (χ1n) is 8.47. The van der Waals surface area contributed by atoms with Crippen LogP contribution < -0.4 is 10.6 Å². The SMILES string of the molecule is CC(C)(C)c1ccc(NC(=O)Cc2csc(NC(=O)C3CC3)n2)cc1. The molecule has 6 heteroatoms. The molecule has 132 valence electrons. The molecule has 0 radical (unpaired) electrons. The van der Waals surface area contributed by atoms with E-state index >= 15 is 0 Å². The van der Waals surface area contributed by atoms with E-state index in [0.29, 0.717) is 10.8 Å². The van der Waals surface area contributed by atoms with E-state index < -0.39 is 0 Å². The molecule has 1 aliphatic rings. The van der Waals surface area contributed by atoms with Crippen molar-refractivity contribution >= 4 is 34.0 Å². The van der Waals surface area contributed by atoms with Crippen LogP contribution in [0.3, 0.4) is 0 Å². The molecule has 1 fully saturated rings. The Labute approximate surface area is 151 Å². The van der Waals surface area contributed by atoms with Gasteiger partial charge in [-0.3, -0.25) is 9.59 Å². The summed E-state index contributed by atoms with van der Waals surface area (Å²) in [6, 6.07) is 7.90. The Kier molecular flexibility index (Phi) is 4.90. The second-order valence-corrected chi connectivity index (χ2v) is 8.32. The molecule has 2 aromatic rings. The summed E-state index contributed by atoms with van der Waals surface area (Å²) in [7, 11) is 0. The van der Waals surface area contributed by atoms with Crippen LogP contribution >= 0.6 is 11.3 Å². The Balaban J connectivity index is 1.53. The van der Waals surface area contributed by atoms with Crippen molar-refractivity contribution in [3.63, 3.8) is 0 Å². The normalized spacial score (nSPS) is 14.2. The Hall–Kier alpha value is -2.21. The van der Waals surface area contributed by atoms with Crippen molar-refractivity contribution in [1.29, 1.82) is 0 Å². The van der Waals surface area contributed by atoms with E-state index in [9.17, 15) is 9.59 Å². The van der Waals surface area contributed by atoms with E-state index in [-0.39, 0.29) is 29.6 Å². The number of thiazole rings is 1. The number of benzene rings is 1. The second-order valence-electron chi connectivity index (χ2n) is 7.46. The average molecular weight is 357 g/mol. The molecule has 1 aromatic heterocycles. The largest absolute Gasteiger partial charge is 0.326 e. The molecule has 5 nitrogen and oxygen atoms in total. The third-order valence-electron chi connectivity index (χ3n) is 4.11. The van der Waals surface area contributed by atoms with Crippen molar-refractivity contribution in [2.45, 2.75) is 45.4 Å². The number of amides is 2. The van der Waals surface area contributed by atoms with E-state index in [1.54, 1.807) is 0 Å². The zero-order valence-corrected chi connectivity index (χ0v) is 15.6. The molecule has 0 saturated heterocycles. The summed E-state index contributed by atoms with van der Waals surface area (Å²) in [6.45, 7) is 6.47. The van der Waals surface area contributed by atoms with Crippen LogP contribution in [0.25, 0.3) is 0 Å². The molecule has 3 rings (SSSR count). The molecule has 1 saturated carbocycles. The van der Waals surface area contributed by atoms with Crippen LogP contribution in [0.15, 0.2) is 29.6 Å². The maximum absolute atomic E-state index is 12.2. The van der Waals surface area contributed by atoms with Gasteiger partial charge in [-0.25, -0.2) is 4.98 Å². The first-order chi connectivity index (χ1) is 11.8. The highest BCUT2D eigenvalue weighted by Gasteiger charge is 2.30. The van der Waals surface area contributed by atoms with Gasteiger partial charge in [-0.2, -0.15) is 0 Å². The van der Waals surface area contributed by atoms with Gasteiger partial charge in [0, 0.05) is 17.0 Å². The molecule has 2 amide bonds. The molecule has 0 atom stereocenters. The highest BCUT2D eigenvalue weighted by Crippen LogP contribution is 2.30. The highest BCUT2D eigenvalue weighted by atomic mass is 32.1. The van der Waals surface area contributed by atoms with Gasteiger partial charge in [-0.05, 0) is 36.0 Å². The minimum Gasteiger partial charge on any atom is -0.326 e. The summed E-state index contributed by atoms with van der Waals surface area (Å²) < 4.78 is 0. The Bertz CT molecular complexity index is 771. The van der Waals surface area contributed by atoms with E-state index in [4.69, 9.17) is 0 Å². The van der Waals surface area contributed by atoms with Crippen molar-refractivity contribution in [3.8, 4) is 0 Å². The molecule has 0 unspecified atom stereocenters. The van der Waals surface area contributed by atoms with Crippen LogP contribution in [0.4, 0.5) is 10.8 Å². The lowest BCUT2D eigenvalue weighted by molar-refractivity contribution is -0.117. The van der Waals surface area contributed by atoms with Gasteiger partial charge in [-0.1, -0.05) is 32.9 Å². The predicted molar refractivity (Wildman–Crippen MR) is 101 cm³/mol. The number of hydrogen-bond donors (Lipinski definition) is 2. The third-order valence-corrected chi connectivity index (χ3v) is 4.91. The average Bonchev–Trinajstić information content (AvgIpc) is 3.30. The summed E-state index contributed by atoms with van der Waals surface area (Å²) >= 11 is 1.35. The standard InChI is InChI=1S/C19H23N3O2S/c1-19(2,3)13-6-8-14(9-7-13)20-16(23)10-15-11-25-18(21-15)22-17(24)12-4-5-12/h6-9,11-12H,4-5,10H2,1-3H3,(H,20,23)(H,21,22,24). The zero-order chi connectivity index (χ0) is 18.0. The molecule has 25 heavy (non-hydrogen) atoms. The van der Waals surface area contributed by atoms with Gasteiger partial charge in [0.15, 0.2) is 5.13 Å². The topological polar surface area (TPSA) is 71.1 Å². The highest BCUT2D eigenvalue weighted by molar-refractivity contribution is 7.13. The van der Waals surface area contributed by atoms with Crippen molar-refractivity contribution in [3.05, 3.63) is 40.9 Å². The molecule has 0 spiro atoms. The number of nitrogens with one attached hydrogen (secondary N) is 2. The summed E-state index contributed by atoms with van der Waals surface area (Å²) in [6.07, 6.45) is 2.11. The third kappa shape index (κ3) is 4.89. The van der Waals surface area contributed by atoms with Gasteiger partial charge >= 0.3 is 0 Å². The van der Waals surface area contributed by atoms with Crippen LogP contribution in [0.5, 0.6) is 0 Å². The zero-order valence-electron chi connectivity index (χ0n) is 14.8. The summed E-state index contributed by atoms with van der Waals surface area (Å²) in [5, 5.41) is 8.06. The molecule has 0 bridgehead atoms. The van der Waals surface area contributed by atoms with E-state index in [2.05, 4.69) is 36.4 Å².